The highest BCUT2D eigenvalue weighted by atomic mass is 32.2. The van der Waals surface area contributed by atoms with E-state index >= 15 is 0 Å². The van der Waals surface area contributed by atoms with Crippen LogP contribution >= 0.6 is 11.8 Å². The molecule has 1 heterocycles. The van der Waals surface area contributed by atoms with Crippen molar-refractivity contribution in [2.75, 3.05) is 23.9 Å². The highest BCUT2D eigenvalue weighted by molar-refractivity contribution is 7.99. The summed E-state index contributed by atoms with van der Waals surface area (Å²) in [6, 6.07) is 2.58. The summed E-state index contributed by atoms with van der Waals surface area (Å²) in [6.07, 6.45) is 9.34. The van der Waals surface area contributed by atoms with Gasteiger partial charge in [0, 0.05) is 30.8 Å². The maximum atomic E-state index is 4.64. The van der Waals surface area contributed by atoms with Gasteiger partial charge in [-0.1, -0.05) is 6.92 Å². The third-order valence-corrected chi connectivity index (χ3v) is 5.00. The van der Waals surface area contributed by atoms with Gasteiger partial charge >= 0.3 is 0 Å². The Kier molecular flexibility index (Phi) is 5.95. The Morgan fingerprint density at radius 1 is 1.20 bits per heavy atom. The second kappa shape index (κ2) is 7.72. The number of nitrogens with zero attached hydrogens (tertiary/aromatic N) is 2. The molecule has 0 spiro atoms. The van der Waals surface area contributed by atoms with E-state index in [1.165, 1.54) is 25.7 Å². The zero-order valence-corrected chi connectivity index (χ0v) is 13.6. The van der Waals surface area contributed by atoms with Crippen LogP contribution in [0.2, 0.25) is 0 Å². The van der Waals surface area contributed by atoms with Gasteiger partial charge in [0.1, 0.15) is 17.5 Å². The molecule has 5 heteroatoms. The van der Waals surface area contributed by atoms with Crippen LogP contribution in [-0.2, 0) is 6.42 Å². The number of rotatable bonds is 6. The Bertz CT molecular complexity index is 416. The summed E-state index contributed by atoms with van der Waals surface area (Å²) in [4.78, 5) is 9.13. The van der Waals surface area contributed by atoms with Gasteiger partial charge in [0.15, 0.2) is 0 Å². The summed E-state index contributed by atoms with van der Waals surface area (Å²) in [5.41, 5.74) is 0. The molecule has 0 unspecified atom stereocenters. The highest BCUT2D eigenvalue weighted by Gasteiger charge is 2.20. The van der Waals surface area contributed by atoms with E-state index in [1.807, 2.05) is 24.9 Å². The molecular formula is C15H26N4S. The second-order valence-corrected chi connectivity index (χ2v) is 6.55. The predicted molar refractivity (Wildman–Crippen MR) is 88.8 cm³/mol. The lowest BCUT2D eigenvalue weighted by Gasteiger charge is -2.28. The topological polar surface area (TPSA) is 49.8 Å². The average molecular weight is 294 g/mol. The third-order valence-electron chi connectivity index (χ3n) is 3.86. The molecular weight excluding hydrogens is 268 g/mol. The van der Waals surface area contributed by atoms with E-state index in [9.17, 15) is 0 Å². The number of anilines is 2. The van der Waals surface area contributed by atoms with Gasteiger partial charge in [-0.2, -0.15) is 11.8 Å². The van der Waals surface area contributed by atoms with Gasteiger partial charge in [-0.05, 0) is 38.4 Å². The fraction of sp³-hybridized carbons (Fsp3) is 0.733. The van der Waals surface area contributed by atoms with Crippen molar-refractivity contribution in [3.05, 3.63) is 11.9 Å². The van der Waals surface area contributed by atoms with Crippen LogP contribution in [0.3, 0.4) is 0 Å². The van der Waals surface area contributed by atoms with Gasteiger partial charge in [0.05, 0.1) is 0 Å². The molecule has 20 heavy (non-hydrogen) atoms. The molecule has 0 radical (unpaired) electrons. The van der Waals surface area contributed by atoms with Crippen molar-refractivity contribution in [1.29, 1.82) is 0 Å². The van der Waals surface area contributed by atoms with Gasteiger partial charge in [-0.25, -0.2) is 9.97 Å². The molecule has 2 rings (SSSR count). The molecule has 0 bridgehead atoms. The first kappa shape index (κ1) is 15.4. The maximum Gasteiger partial charge on any atom is 0.133 e. The Hall–Kier alpha value is -0.970. The normalized spacial score (nSPS) is 22.6. The monoisotopic (exact) mass is 294 g/mol. The summed E-state index contributed by atoms with van der Waals surface area (Å²) < 4.78 is 0. The SMILES string of the molecule is CCCc1nc(NC)cc(NC2CCC(SC)CC2)n1. The molecule has 1 fully saturated rings. The van der Waals surface area contributed by atoms with Gasteiger partial charge in [0.25, 0.3) is 0 Å². The number of nitrogens with one attached hydrogen (secondary N) is 2. The van der Waals surface area contributed by atoms with E-state index in [2.05, 4.69) is 33.8 Å². The van der Waals surface area contributed by atoms with Gasteiger partial charge < -0.3 is 10.6 Å². The Labute approximate surface area is 126 Å². The van der Waals surface area contributed by atoms with Gasteiger partial charge in [0.2, 0.25) is 0 Å². The fourth-order valence-electron chi connectivity index (χ4n) is 2.69. The molecule has 1 aromatic rings. The van der Waals surface area contributed by atoms with Gasteiger partial charge in [-0.15, -0.1) is 0 Å². The lowest BCUT2D eigenvalue weighted by atomic mass is 9.95. The van der Waals surface area contributed by atoms with Crippen LogP contribution in [0.15, 0.2) is 6.07 Å². The first-order valence-electron chi connectivity index (χ1n) is 7.60. The minimum Gasteiger partial charge on any atom is -0.373 e. The predicted octanol–water partition coefficient (Wildman–Crippen LogP) is 3.56. The Morgan fingerprint density at radius 3 is 2.50 bits per heavy atom. The molecule has 1 aliphatic carbocycles. The summed E-state index contributed by atoms with van der Waals surface area (Å²) in [5, 5.41) is 7.57. The lowest BCUT2D eigenvalue weighted by Crippen LogP contribution is -2.27. The summed E-state index contributed by atoms with van der Waals surface area (Å²) in [5.74, 6) is 2.81. The summed E-state index contributed by atoms with van der Waals surface area (Å²) in [6.45, 7) is 2.16. The largest absolute Gasteiger partial charge is 0.373 e. The van der Waals surface area contributed by atoms with Crippen LogP contribution in [0.1, 0.15) is 44.9 Å². The number of hydrogen-bond acceptors (Lipinski definition) is 5. The van der Waals surface area contributed by atoms with Crippen LogP contribution in [0.5, 0.6) is 0 Å². The molecule has 0 aliphatic heterocycles. The Morgan fingerprint density at radius 2 is 1.90 bits per heavy atom. The van der Waals surface area contributed by atoms with Crippen molar-refractivity contribution in [3.63, 3.8) is 0 Å². The standard InChI is InChI=1S/C15H26N4S/c1-4-5-13-18-14(16-2)10-15(19-13)17-11-6-8-12(20-3)9-7-11/h10-12H,4-9H2,1-3H3,(H2,16,17,18,19). The maximum absolute atomic E-state index is 4.64. The number of hydrogen-bond donors (Lipinski definition) is 2. The fourth-order valence-corrected chi connectivity index (χ4v) is 3.43. The first-order chi connectivity index (χ1) is 9.75. The van der Waals surface area contributed by atoms with E-state index in [-0.39, 0.29) is 0 Å². The van der Waals surface area contributed by atoms with Crippen LogP contribution in [0.25, 0.3) is 0 Å². The van der Waals surface area contributed by atoms with Crippen molar-refractivity contribution >= 4 is 23.4 Å². The molecule has 1 aliphatic rings. The number of aryl methyl sites for hydroxylation is 1. The summed E-state index contributed by atoms with van der Waals surface area (Å²) in [7, 11) is 1.91. The van der Waals surface area contributed by atoms with Crippen molar-refractivity contribution < 1.29 is 0 Å². The summed E-state index contributed by atoms with van der Waals surface area (Å²) >= 11 is 2.01. The van der Waals surface area contributed by atoms with Crippen LogP contribution in [0.4, 0.5) is 11.6 Å². The van der Waals surface area contributed by atoms with E-state index < -0.39 is 0 Å². The molecule has 0 atom stereocenters. The smallest absolute Gasteiger partial charge is 0.133 e. The molecule has 1 aromatic heterocycles. The third kappa shape index (κ3) is 4.27. The van der Waals surface area contributed by atoms with Crippen LogP contribution in [-0.4, -0.2) is 34.6 Å². The molecule has 4 nitrogen and oxygen atoms in total. The van der Waals surface area contributed by atoms with Crippen molar-refractivity contribution in [3.8, 4) is 0 Å². The molecule has 112 valence electrons. The quantitative estimate of drug-likeness (QED) is 0.840. The first-order valence-corrected chi connectivity index (χ1v) is 8.89. The second-order valence-electron chi connectivity index (χ2n) is 5.41. The molecule has 1 saturated carbocycles. The highest BCUT2D eigenvalue weighted by Crippen LogP contribution is 2.28. The van der Waals surface area contributed by atoms with Crippen molar-refractivity contribution in [1.82, 2.24) is 9.97 Å². The zero-order valence-electron chi connectivity index (χ0n) is 12.8. The minimum absolute atomic E-state index is 0.562. The minimum atomic E-state index is 0.562. The number of aromatic nitrogens is 2. The molecule has 0 saturated heterocycles. The Balaban J connectivity index is 1.99. The molecule has 2 N–H and O–H groups in total. The van der Waals surface area contributed by atoms with Crippen LogP contribution in [0, 0.1) is 0 Å². The van der Waals surface area contributed by atoms with Gasteiger partial charge in [-0.3, -0.25) is 0 Å². The number of thioether (sulfide) groups is 1. The van der Waals surface area contributed by atoms with E-state index in [1.54, 1.807) is 0 Å². The van der Waals surface area contributed by atoms with Crippen molar-refractivity contribution in [2.24, 2.45) is 0 Å². The zero-order chi connectivity index (χ0) is 14.4. The van der Waals surface area contributed by atoms with E-state index in [0.717, 1.165) is 35.6 Å². The van der Waals surface area contributed by atoms with E-state index in [4.69, 9.17) is 0 Å². The molecule has 0 aromatic carbocycles. The van der Waals surface area contributed by atoms with Crippen LogP contribution < -0.4 is 10.6 Å². The lowest BCUT2D eigenvalue weighted by molar-refractivity contribution is 0.472. The van der Waals surface area contributed by atoms with Crippen molar-refractivity contribution in [2.45, 2.75) is 56.7 Å². The average Bonchev–Trinajstić information content (AvgIpc) is 2.48. The van der Waals surface area contributed by atoms with E-state index in [0.29, 0.717) is 6.04 Å². The molecule has 0 amide bonds.